The van der Waals surface area contributed by atoms with Gasteiger partial charge in [-0.2, -0.15) is 0 Å². The maximum atomic E-state index is 13.1. The van der Waals surface area contributed by atoms with Gasteiger partial charge in [-0.1, -0.05) is 61.3 Å². The highest BCUT2D eigenvalue weighted by Crippen LogP contribution is 2.23. The van der Waals surface area contributed by atoms with Crippen LogP contribution >= 0.6 is 11.6 Å². The van der Waals surface area contributed by atoms with E-state index in [1.165, 1.54) is 5.56 Å². The number of urea groups is 1. The second-order valence-corrected chi connectivity index (χ2v) is 8.73. The minimum atomic E-state index is -0.421. The Morgan fingerprint density at radius 3 is 2.61 bits per heavy atom. The topological polar surface area (TPSA) is 52.7 Å². The SMILES string of the molecule is CCCc1ccccc1[C@H](C)NC(=O)N1CCC[C@@H]1C(=O)N(C)Cc1ccc(Cl)cc1. The molecule has 3 amide bonds. The van der Waals surface area contributed by atoms with Crippen LogP contribution in [0.2, 0.25) is 5.02 Å². The van der Waals surface area contributed by atoms with E-state index in [9.17, 15) is 9.59 Å². The van der Waals surface area contributed by atoms with Crippen LogP contribution in [0.25, 0.3) is 0 Å². The lowest BCUT2D eigenvalue weighted by atomic mass is 9.98. The first-order chi connectivity index (χ1) is 14.9. The maximum absolute atomic E-state index is 13.1. The van der Waals surface area contributed by atoms with Gasteiger partial charge in [-0.3, -0.25) is 4.79 Å². The number of nitrogens with one attached hydrogen (secondary N) is 1. The van der Waals surface area contributed by atoms with Crippen LogP contribution in [0.15, 0.2) is 48.5 Å². The van der Waals surface area contributed by atoms with E-state index in [2.05, 4.69) is 24.4 Å². The summed E-state index contributed by atoms with van der Waals surface area (Å²) < 4.78 is 0. The van der Waals surface area contributed by atoms with Gasteiger partial charge in [0.15, 0.2) is 0 Å². The summed E-state index contributed by atoms with van der Waals surface area (Å²) in [6.07, 6.45) is 3.56. The molecular formula is C25H32ClN3O2. The first kappa shape index (κ1) is 23.1. The molecule has 0 radical (unpaired) electrons. The Hall–Kier alpha value is -2.53. The molecule has 1 aliphatic heterocycles. The number of hydrogen-bond acceptors (Lipinski definition) is 2. The van der Waals surface area contributed by atoms with E-state index < -0.39 is 6.04 Å². The molecule has 166 valence electrons. The molecule has 1 aliphatic rings. The number of halogens is 1. The zero-order valence-corrected chi connectivity index (χ0v) is 19.4. The van der Waals surface area contributed by atoms with Gasteiger partial charge in [-0.15, -0.1) is 0 Å². The van der Waals surface area contributed by atoms with Gasteiger partial charge < -0.3 is 15.1 Å². The average molecular weight is 442 g/mol. The van der Waals surface area contributed by atoms with E-state index >= 15 is 0 Å². The van der Waals surface area contributed by atoms with Crippen molar-refractivity contribution in [3.8, 4) is 0 Å². The standard InChI is InChI=1S/C25H32ClN3O2/c1-4-8-20-9-5-6-10-22(20)18(2)27-25(31)29-16-7-11-23(29)24(30)28(3)17-19-12-14-21(26)15-13-19/h5-6,9-10,12-15,18,23H,4,7-8,11,16-17H2,1-3H3,(H,27,31)/t18-,23+/m0/s1. The summed E-state index contributed by atoms with van der Waals surface area (Å²) in [5.41, 5.74) is 3.41. The van der Waals surface area contributed by atoms with Crippen molar-refractivity contribution in [3.63, 3.8) is 0 Å². The van der Waals surface area contributed by atoms with Gasteiger partial charge in [0.1, 0.15) is 6.04 Å². The number of carbonyl (C=O) groups excluding carboxylic acids is 2. The Kier molecular flexibility index (Phi) is 7.97. The van der Waals surface area contributed by atoms with E-state index in [0.29, 0.717) is 24.5 Å². The molecular weight excluding hydrogens is 410 g/mol. The molecule has 2 aromatic rings. The van der Waals surface area contributed by atoms with Gasteiger partial charge in [-0.05, 0) is 55.0 Å². The first-order valence-electron chi connectivity index (χ1n) is 11.0. The highest BCUT2D eigenvalue weighted by atomic mass is 35.5. The molecule has 1 N–H and O–H groups in total. The zero-order valence-electron chi connectivity index (χ0n) is 18.6. The first-order valence-corrected chi connectivity index (χ1v) is 11.4. The molecule has 1 heterocycles. The molecule has 0 aromatic heterocycles. The van der Waals surface area contributed by atoms with Crippen LogP contribution in [0.3, 0.4) is 0 Å². The van der Waals surface area contributed by atoms with Crippen LogP contribution < -0.4 is 5.32 Å². The number of nitrogens with zero attached hydrogens (tertiary/aromatic N) is 2. The van der Waals surface area contributed by atoms with Gasteiger partial charge in [0.25, 0.3) is 0 Å². The summed E-state index contributed by atoms with van der Waals surface area (Å²) in [7, 11) is 1.79. The lowest BCUT2D eigenvalue weighted by Gasteiger charge is -2.29. The minimum absolute atomic E-state index is 0.0263. The molecule has 0 spiro atoms. The van der Waals surface area contributed by atoms with Crippen molar-refractivity contribution in [2.24, 2.45) is 0 Å². The second kappa shape index (κ2) is 10.7. The van der Waals surface area contributed by atoms with Crippen LogP contribution in [-0.2, 0) is 17.8 Å². The number of carbonyl (C=O) groups is 2. The van der Waals surface area contributed by atoms with E-state index in [1.807, 2.05) is 43.3 Å². The summed E-state index contributed by atoms with van der Waals surface area (Å²) >= 11 is 5.95. The molecule has 0 bridgehead atoms. The Labute approximate surface area is 190 Å². The second-order valence-electron chi connectivity index (χ2n) is 8.29. The number of likely N-dealkylation sites (N-methyl/N-ethyl adjacent to an activating group) is 1. The fourth-order valence-corrected chi connectivity index (χ4v) is 4.39. The Bertz CT molecular complexity index is 900. The van der Waals surface area contributed by atoms with E-state index in [0.717, 1.165) is 30.4 Å². The largest absolute Gasteiger partial charge is 0.340 e. The highest BCUT2D eigenvalue weighted by Gasteiger charge is 2.36. The molecule has 2 aromatic carbocycles. The number of rotatable bonds is 7. The predicted molar refractivity (Wildman–Crippen MR) is 125 cm³/mol. The summed E-state index contributed by atoms with van der Waals surface area (Å²) in [6.45, 7) is 5.25. The van der Waals surface area contributed by atoms with Gasteiger partial charge in [0, 0.05) is 25.2 Å². The molecule has 0 unspecified atom stereocenters. The number of amides is 3. The van der Waals surface area contributed by atoms with E-state index in [-0.39, 0.29) is 18.0 Å². The summed E-state index contributed by atoms with van der Waals surface area (Å²) in [4.78, 5) is 29.6. The third kappa shape index (κ3) is 5.79. The van der Waals surface area contributed by atoms with E-state index in [1.54, 1.807) is 16.8 Å². The molecule has 1 saturated heterocycles. The molecule has 1 fully saturated rings. The van der Waals surface area contributed by atoms with Crippen molar-refractivity contribution in [3.05, 3.63) is 70.2 Å². The Morgan fingerprint density at radius 2 is 1.90 bits per heavy atom. The lowest BCUT2D eigenvalue weighted by molar-refractivity contribution is -0.134. The van der Waals surface area contributed by atoms with Crippen LogP contribution in [0.5, 0.6) is 0 Å². The molecule has 2 atom stereocenters. The number of likely N-dealkylation sites (tertiary alicyclic amines) is 1. The highest BCUT2D eigenvalue weighted by molar-refractivity contribution is 6.30. The molecule has 6 heteroatoms. The summed E-state index contributed by atoms with van der Waals surface area (Å²) in [5.74, 6) is -0.0263. The molecule has 31 heavy (non-hydrogen) atoms. The van der Waals surface area contributed by atoms with Crippen molar-refractivity contribution in [2.75, 3.05) is 13.6 Å². The smallest absolute Gasteiger partial charge is 0.318 e. The van der Waals surface area contributed by atoms with Crippen molar-refractivity contribution in [1.82, 2.24) is 15.1 Å². The normalized spacial score (nSPS) is 16.8. The molecule has 3 rings (SSSR count). The summed E-state index contributed by atoms with van der Waals surface area (Å²) in [5, 5.41) is 3.79. The van der Waals surface area contributed by atoms with Crippen LogP contribution in [0.4, 0.5) is 4.79 Å². The number of aryl methyl sites for hydroxylation is 1. The third-order valence-electron chi connectivity index (χ3n) is 5.89. The van der Waals surface area contributed by atoms with Gasteiger partial charge in [-0.25, -0.2) is 4.79 Å². The fourth-order valence-electron chi connectivity index (χ4n) is 4.26. The average Bonchev–Trinajstić information content (AvgIpc) is 3.25. The van der Waals surface area contributed by atoms with E-state index in [4.69, 9.17) is 11.6 Å². The van der Waals surface area contributed by atoms with Crippen molar-refractivity contribution in [1.29, 1.82) is 0 Å². The maximum Gasteiger partial charge on any atom is 0.318 e. The lowest BCUT2D eigenvalue weighted by Crippen LogP contribution is -2.50. The van der Waals surface area contributed by atoms with Crippen LogP contribution in [0, 0.1) is 0 Å². The third-order valence-corrected chi connectivity index (χ3v) is 6.14. The summed E-state index contributed by atoms with van der Waals surface area (Å²) in [6, 6.07) is 15.0. The molecule has 5 nitrogen and oxygen atoms in total. The monoisotopic (exact) mass is 441 g/mol. The number of hydrogen-bond donors (Lipinski definition) is 1. The van der Waals surface area contributed by atoms with Crippen LogP contribution in [0.1, 0.15) is 55.8 Å². The Morgan fingerprint density at radius 1 is 1.19 bits per heavy atom. The molecule has 0 saturated carbocycles. The zero-order chi connectivity index (χ0) is 22.4. The predicted octanol–water partition coefficient (Wildman–Crippen LogP) is 5.19. The molecule has 0 aliphatic carbocycles. The van der Waals surface area contributed by atoms with Crippen LogP contribution in [-0.4, -0.2) is 41.4 Å². The minimum Gasteiger partial charge on any atom is -0.340 e. The Balaban J connectivity index is 1.64. The van der Waals surface area contributed by atoms with Crippen molar-refractivity contribution < 1.29 is 9.59 Å². The fraction of sp³-hybridized carbons (Fsp3) is 0.440. The van der Waals surface area contributed by atoms with Gasteiger partial charge >= 0.3 is 6.03 Å². The van der Waals surface area contributed by atoms with Crippen molar-refractivity contribution in [2.45, 2.75) is 58.2 Å². The quantitative estimate of drug-likeness (QED) is 0.643. The van der Waals surface area contributed by atoms with Gasteiger partial charge in [0.2, 0.25) is 5.91 Å². The van der Waals surface area contributed by atoms with Crippen molar-refractivity contribution >= 4 is 23.5 Å². The number of benzene rings is 2. The van der Waals surface area contributed by atoms with Gasteiger partial charge in [0.05, 0.1) is 6.04 Å².